The van der Waals surface area contributed by atoms with E-state index in [1.54, 1.807) is 17.5 Å². The maximum atomic E-state index is 12.8. The average molecular weight is 434 g/mol. The molecule has 0 saturated carbocycles. The summed E-state index contributed by atoms with van der Waals surface area (Å²) in [7, 11) is -3.51. The number of carbonyl (C=O) groups is 1. The van der Waals surface area contributed by atoms with Gasteiger partial charge >= 0.3 is 0 Å². The molecule has 0 radical (unpaired) electrons. The SMILES string of the molecule is O=C(Nc1ccc(N2CCCCC2)cc1)[C@@H]1CCCN(S(=O)(=O)c2cccs2)C1. The summed E-state index contributed by atoms with van der Waals surface area (Å²) < 4.78 is 27.3. The number of nitrogens with zero attached hydrogens (tertiary/aromatic N) is 2. The van der Waals surface area contributed by atoms with Crippen LogP contribution in [0.4, 0.5) is 11.4 Å². The van der Waals surface area contributed by atoms with Crippen LogP contribution in [0.1, 0.15) is 32.1 Å². The molecule has 8 heteroatoms. The number of hydrogen-bond donors (Lipinski definition) is 1. The van der Waals surface area contributed by atoms with Crippen LogP contribution in [0.15, 0.2) is 46.0 Å². The summed E-state index contributed by atoms with van der Waals surface area (Å²) in [6.45, 7) is 2.87. The van der Waals surface area contributed by atoms with Crippen molar-refractivity contribution in [3.63, 3.8) is 0 Å². The van der Waals surface area contributed by atoms with Crippen LogP contribution < -0.4 is 10.2 Å². The van der Waals surface area contributed by atoms with Gasteiger partial charge in [-0.3, -0.25) is 4.79 Å². The first-order valence-electron chi connectivity index (χ1n) is 10.2. The largest absolute Gasteiger partial charge is 0.372 e. The third-order valence-electron chi connectivity index (χ3n) is 5.70. The smallest absolute Gasteiger partial charge is 0.252 e. The van der Waals surface area contributed by atoms with Crippen molar-refractivity contribution >= 4 is 38.6 Å². The second-order valence-electron chi connectivity index (χ2n) is 7.72. The number of benzene rings is 1. The number of carbonyl (C=O) groups excluding carboxylic acids is 1. The minimum absolute atomic E-state index is 0.109. The Kier molecular flexibility index (Phi) is 6.22. The zero-order chi connectivity index (χ0) is 20.3. The van der Waals surface area contributed by atoms with Gasteiger partial charge in [-0.1, -0.05) is 6.07 Å². The molecule has 0 bridgehead atoms. The molecular formula is C21H27N3O3S2. The van der Waals surface area contributed by atoms with Crippen molar-refractivity contribution in [3.05, 3.63) is 41.8 Å². The minimum Gasteiger partial charge on any atom is -0.372 e. The van der Waals surface area contributed by atoms with E-state index in [4.69, 9.17) is 0 Å². The zero-order valence-corrected chi connectivity index (χ0v) is 18.1. The van der Waals surface area contributed by atoms with Gasteiger partial charge in [0.15, 0.2) is 0 Å². The van der Waals surface area contributed by atoms with Gasteiger partial charge in [-0.25, -0.2) is 8.42 Å². The number of thiophene rings is 1. The molecule has 0 unspecified atom stereocenters. The number of piperidine rings is 2. The molecule has 2 aliphatic rings. The fourth-order valence-corrected chi connectivity index (χ4v) is 6.73. The fraction of sp³-hybridized carbons (Fsp3) is 0.476. The Hall–Kier alpha value is -1.90. The Bertz CT molecular complexity index is 921. The summed E-state index contributed by atoms with van der Waals surface area (Å²) in [6, 6.07) is 11.3. The Labute approximate surface area is 176 Å². The van der Waals surface area contributed by atoms with Crippen LogP contribution in [-0.2, 0) is 14.8 Å². The van der Waals surface area contributed by atoms with Gasteiger partial charge < -0.3 is 10.2 Å². The summed E-state index contributed by atoms with van der Waals surface area (Å²) in [4.78, 5) is 15.2. The van der Waals surface area contributed by atoms with Gasteiger partial charge in [0.1, 0.15) is 4.21 Å². The van der Waals surface area contributed by atoms with Gasteiger partial charge in [-0.15, -0.1) is 11.3 Å². The van der Waals surface area contributed by atoms with Gasteiger partial charge in [-0.05, 0) is 67.8 Å². The van der Waals surface area contributed by atoms with Crippen molar-refractivity contribution in [3.8, 4) is 0 Å². The van der Waals surface area contributed by atoms with Crippen LogP contribution in [0.5, 0.6) is 0 Å². The molecule has 156 valence electrons. The molecule has 1 aromatic heterocycles. The molecule has 2 aromatic rings. The van der Waals surface area contributed by atoms with Crippen molar-refractivity contribution in [2.75, 3.05) is 36.4 Å². The maximum Gasteiger partial charge on any atom is 0.252 e. The first-order chi connectivity index (χ1) is 14.0. The average Bonchev–Trinajstić information content (AvgIpc) is 3.31. The molecule has 0 spiro atoms. The van der Waals surface area contributed by atoms with Gasteiger partial charge in [0, 0.05) is 37.6 Å². The predicted molar refractivity (Wildman–Crippen MR) is 117 cm³/mol. The highest BCUT2D eigenvalue weighted by Gasteiger charge is 2.33. The number of rotatable bonds is 5. The molecule has 2 aliphatic heterocycles. The molecule has 1 N–H and O–H groups in total. The first kappa shape index (κ1) is 20.4. The molecule has 0 aliphatic carbocycles. The van der Waals surface area contributed by atoms with E-state index in [1.807, 2.05) is 12.1 Å². The Morgan fingerprint density at radius 1 is 1.00 bits per heavy atom. The second kappa shape index (κ2) is 8.85. The molecule has 1 atom stereocenters. The summed E-state index contributed by atoms with van der Waals surface area (Å²) in [5, 5.41) is 4.73. The summed E-state index contributed by atoms with van der Waals surface area (Å²) in [5.74, 6) is -0.443. The zero-order valence-electron chi connectivity index (χ0n) is 16.4. The standard InChI is InChI=1S/C21H27N3O3S2/c25-21(22-18-8-10-19(11-9-18)23-12-2-1-3-13-23)17-6-4-14-24(16-17)29(26,27)20-7-5-15-28-20/h5,7-11,15,17H,1-4,6,12-14,16H2,(H,22,25)/t17-/m1/s1. The lowest BCUT2D eigenvalue weighted by atomic mass is 9.98. The van der Waals surface area contributed by atoms with Crippen molar-refractivity contribution in [1.82, 2.24) is 4.31 Å². The summed E-state index contributed by atoms with van der Waals surface area (Å²) >= 11 is 1.21. The molecule has 2 fully saturated rings. The third kappa shape index (κ3) is 4.65. The van der Waals surface area contributed by atoms with Crippen molar-refractivity contribution in [2.24, 2.45) is 5.92 Å². The predicted octanol–water partition coefficient (Wildman–Crippen LogP) is 3.78. The van der Waals surface area contributed by atoms with Crippen molar-refractivity contribution in [1.29, 1.82) is 0 Å². The first-order valence-corrected chi connectivity index (χ1v) is 12.6. The molecule has 3 heterocycles. The number of amides is 1. The van der Waals surface area contributed by atoms with E-state index in [2.05, 4.69) is 22.3 Å². The van der Waals surface area contributed by atoms with E-state index < -0.39 is 10.0 Å². The number of hydrogen-bond acceptors (Lipinski definition) is 5. The molecule has 1 amide bonds. The van der Waals surface area contributed by atoms with Gasteiger partial charge in [0.2, 0.25) is 5.91 Å². The van der Waals surface area contributed by atoms with E-state index in [0.717, 1.165) is 18.8 Å². The molecule has 2 saturated heterocycles. The van der Waals surface area contributed by atoms with Gasteiger partial charge in [0.25, 0.3) is 10.0 Å². The lowest BCUT2D eigenvalue weighted by Gasteiger charge is -2.31. The Morgan fingerprint density at radius 2 is 1.76 bits per heavy atom. The highest BCUT2D eigenvalue weighted by molar-refractivity contribution is 7.91. The van der Waals surface area contributed by atoms with Crippen LogP contribution in [-0.4, -0.2) is 44.8 Å². The van der Waals surface area contributed by atoms with Crippen molar-refractivity contribution < 1.29 is 13.2 Å². The molecule has 6 nitrogen and oxygen atoms in total. The molecule has 4 rings (SSSR count). The monoisotopic (exact) mass is 433 g/mol. The maximum absolute atomic E-state index is 12.8. The molecule has 1 aromatic carbocycles. The van der Waals surface area contributed by atoms with Crippen LogP contribution in [0, 0.1) is 5.92 Å². The van der Waals surface area contributed by atoms with E-state index >= 15 is 0 Å². The van der Waals surface area contributed by atoms with Crippen molar-refractivity contribution in [2.45, 2.75) is 36.3 Å². The van der Waals surface area contributed by atoms with E-state index in [-0.39, 0.29) is 18.4 Å². The van der Waals surface area contributed by atoms with Gasteiger partial charge in [-0.2, -0.15) is 4.31 Å². The lowest BCUT2D eigenvalue weighted by Crippen LogP contribution is -2.43. The Balaban J connectivity index is 1.38. The molecule has 29 heavy (non-hydrogen) atoms. The highest BCUT2D eigenvalue weighted by atomic mass is 32.2. The lowest BCUT2D eigenvalue weighted by molar-refractivity contribution is -0.120. The van der Waals surface area contributed by atoms with Gasteiger partial charge in [0.05, 0.1) is 5.92 Å². The van der Waals surface area contributed by atoms with Crippen LogP contribution in [0.25, 0.3) is 0 Å². The second-order valence-corrected chi connectivity index (χ2v) is 10.8. The number of sulfonamides is 1. The minimum atomic E-state index is -3.51. The van der Waals surface area contributed by atoms with E-state index in [1.165, 1.54) is 40.6 Å². The van der Waals surface area contributed by atoms with Crippen LogP contribution in [0.3, 0.4) is 0 Å². The number of anilines is 2. The molecular weight excluding hydrogens is 406 g/mol. The topological polar surface area (TPSA) is 69.7 Å². The third-order valence-corrected chi connectivity index (χ3v) is 8.94. The van der Waals surface area contributed by atoms with E-state index in [9.17, 15) is 13.2 Å². The number of nitrogens with one attached hydrogen (secondary N) is 1. The summed E-state index contributed by atoms with van der Waals surface area (Å²) in [6.07, 6.45) is 5.14. The van der Waals surface area contributed by atoms with Crippen LogP contribution in [0.2, 0.25) is 0 Å². The summed E-state index contributed by atoms with van der Waals surface area (Å²) in [5.41, 5.74) is 1.95. The Morgan fingerprint density at radius 3 is 2.45 bits per heavy atom. The normalized spacial score (nSPS) is 21.1. The quantitative estimate of drug-likeness (QED) is 0.779. The van der Waals surface area contributed by atoms with Crippen LogP contribution >= 0.6 is 11.3 Å². The fourth-order valence-electron chi connectivity index (χ4n) is 4.06. The highest BCUT2D eigenvalue weighted by Crippen LogP contribution is 2.27. The van der Waals surface area contributed by atoms with E-state index in [0.29, 0.717) is 23.6 Å².